The largest absolute Gasteiger partial charge is 0.382 e. The minimum absolute atomic E-state index is 0.0822. The molecule has 1 amide bonds. The molecule has 0 aromatic heterocycles. The summed E-state index contributed by atoms with van der Waals surface area (Å²) in [5.74, 6) is 0.0822. The van der Waals surface area contributed by atoms with Crippen molar-refractivity contribution in [1.29, 1.82) is 0 Å². The van der Waals surface area contributed by atoms with Gasteiger partial charge in [0.25, 0.3) is 0 Å². The summed E-state index contributed by atoms with van der Waals surface area (Å²) in [6.07, 6.45) is 5.84. The standard InChI is InChI=1S/C13H26N2O3/c1-17-9-10-18-8-4-7-14-13(16)11-15-12-5-2-3-6-12/h12,15H,2-11H2,1H3,(H,14,16). The maximum absolute atomic E-state index is 11.5. The maximum Gasteiger partial charge on any atom is 0.233 e. The SMILES string of the molecule is COCCOCCCNC(=O)CNC1CCCC1. The van der Waals surface area contributed by atoms with E-state index in [1.807, 2.05) is 0 Å². The van der Waals surface area contributed by atoms with E-state index in [9.17, 15) is 4.79 Å². The third kappa shape index (κ3) is 7.63. The van der Waals surface area contributed by atoms with Crippen molar-refractivity contribution in [2.45, 2.75) is 38.1 Å². The van der Waals surface area contributed by atoms with Crippen LogP contribution in [0.4, 0.5) is 0 Å². The van der Waals surface area contributed by atoms with Crippen molar-refractivity contribution in [2.24, 2.45) is 0 Å². The first-order valence-electron chi connectivity index (χ1n) is 6.89. The van der Waals surface area contributed by atoms with Gasteiger partial charge >= 0.3 is 0 Å². The fourth-order valence-corrected chi connectivity index (χ4v) is 2.08. The minimum Gasteiger partial charge on any atom is -0.382 e. The molecule has 0 unspecified atom stereocenters. The number of hydrogen-bond acceptors (Lipinski definition) is 4. The second kappa shape index (κ2) is 10.3. The van der Waals surface area contributed by atoms with Crippen LogP contribution in [0.1, 0.15) is 32.1 Å². The molecule has 0 aromatic rings. The predicted molar refractivity (Wildman–Crippen MR) is 70.6 cm³/mol. The van der Waals surface area contributed by atoms with Crippen LogP contribution in [-0.4, -0.2) is 52.0 Å². The third-order valence-electron chi connectivity index (χ3n) is 3.13. The molecule has 0 bridgehead atoms. The van der Waals surface area contributed by atoms with E-state index in [4.69, 9.17) is 9.47 Å². The average molecular weight is 258 g/mol. The Morgan fingerprint density at radius 2 is 2.00 bits per heavy atom. The minimum atomic E-state index is 0.0822. The van der Waals surface area contributed by atoms with Crippen molar-refractivity contribution < 1.29 is 14.3 Å². The third-order valence-corrected chi connectivity index (χ3v) is 3.13. The Morgan fingerprint density at radius 1 is 1.22 bits per heavy atom. The smallest absolute Gasteiger partial charge is 0.233 e. The number of ether oxygens (including phenoxy) is 2. The number of nitrogens with one attached hydrogen (secondary N) is 2. The van der Waals surface area contributed by atoms with Crippen molar-refractivity contribution in [3.63, 3.8) is 0 Å². The van der Waals surface area contributed by atoms with Crippen molar-refractivity contribution in [3.8, 4) is 0 Å². The van der Waals surface area contributed by atoms with Gasteiger partial charge < -0.3 is 20.1 Å². The summed E-state index contributed by atoms with van der Waals surface area (Å²) in [6.45, 7) is 3.03. The summed E-state index contributed by atoms with van der Waals surface area (Å²) >= 11 is 0. The molecule has 2 N–H and O–H groups in total. The molecule has 0 heterocycles. The number of hydrogen-bond donors (Lipinski definition) is 2. The molecule has 0 spiro atoms. The van der Waals surface area contributed by atoms with Gasteiger partial charge in [-0.05, 0) is 19.3 Å². The number of methoxy groups -OCH3 is 1. The first-order chi connectivity index (χ1) is 8.83. The van der Waals surface area contributed by atoms with Crippen LogP contribution >= 0.6 is 0 Å². The molecule has 1 aliphatic rings. The van der Waals surface area contributed by atoms with Crippen LogP contribution in [0, 0.1) is 0 Å². The van der Waals surface area contributed by atoms with Gasteiger partial charge in [0.2, 0.25) is 5.91 Å². The lowest BCUT2D eigenvalue weighted by molar-refractivity contribution is -0.120. The van der Waals surface area contributed by atoms with E-state index in [1.54, 1.807) is 7.11 Å². The Labute approximate surface area is 110 Å². The molecule has 0 atom stereocenters. The zero-order valence-electron chi connectivity index (χ0n) is 11.4. The van der Waals surface area contributed by atoms with Crippen molar-refractivity contribution >= 4 is 5.91 Å². The van der Waals surface area contributed by atoms with Gasteiger partial charge in [-0.15, -0.1) is 0 Å². The summed E-state index contributed by atoms with van der Waals surface area (Å²) in [7, 11) is 1.65. The lowest BCUT2D eigenvalue weighted by Gasteiger charge is -2.11. The number of carbonyl (C=O) groups is 1. The lowest BCUT2D eigenvalue weighted by Crippen LogP contribution is -2.38. The monoisotopic (exact) mass is 258 g/mol. The highest BCUT2D eigenvalue weighted by atomic mass is 16.5. The topological polar surface area (TPSA) is 59.6 Å². The molecule has 0 radical (unpaired) electrons. The van der Waals surface area contributed by atoms with Crippen LogP contribution in [0.15, 0.2) is 0 Å². The molecular weight excluding hydrogens is 232 g/mol. The molecule has 5 nitrogen and oxygen atoms in total. The first-order valence-corrected chi connectivity index (χ1v) is 6.89. The normalized spacial score (nSPS) is 16.1. The molecule has 1 aliphatic carbocycles. The van der Waals surface area contributed by atoms with Gasteiger partial charge in [-0.1, -0.05) is 12.8 Å². The molecule has 1 fully saturated rings. The van der Waals surface area contributed by atoms with E-state index in [1.165, 1.54) is 25.7 Å². The zero-order valence-corrected chi connectivity index (χ0v) is 11.4. The van der Waals surface area contributed by atoms with Crippen molar-refractivity contribution in [1.82, 2.24) is 10.6 Å². The second-order valence-electron chi connectivity index (χ2n) is 4.67. The molecule has 0 saturated heterocycles. The molecule has 106 valence electrons. The molecule has 0 aliphatic heterocycles. The highest BCUT2D eigenvalue weighted by Crippen LogP contribution is 2.17. The first kappa shape index (κ1) is 15.4. The Balaban J connectivity index is 1.84. The van der Waals surface area contributed by atoms with Gasteiger partial charge in [-0.25, -0.2) is 0 Å². The van der Waals surface area contributed by atoms with Gasteiger partial charge in [-0.3, -0.25) is 4.79 Å². The van der Waals surface area contributed by atoms with Crippen LogP contribution in [-0.2, 0) is 14.3 Å². The average Bonchev–Trinajstić information content (AvgIpc) is 2.88. The lowest BCUT2D eigenvalue weighted by atomic mass is 10.2. The Morgan fingerprint density at radius 3 is 2.72 bits per heavy atom. The van der Waals surface area contributed by atoms with Gasteiger partial charge in [0, 0.05) is 26.3 Å². The van der Waals surface area contributed by atoms with Crippen LogP contribution in [0.3, 0.4) is 0 Å². The predicted octanol–water partition coefficient (Wildman–Crippen LogP) is 0.688. The fraction of sp³-hybridized carbons (Fsp3) is 0.923. The molecule has 5 heteroatoms. The summed E-state index contributed by atoms with van der Waals surface area (Å²) in [6, 6.07) is 0.549. The molecule has 1 saturated carbocycles. The van der Waals surface area contributed by atoms with Crippen LogP contribution < -0.4 is 10.6 Å². The second-order valence-corrected chi connectivity index (χ2v) is 4.67. The van der Waals surface area contributed by atoms with Gasteiger partial charge in [0.05, 0.1) is 19.8 Å². The van der Waals surface area contributed by atoms with Crippen LogP contribution in [0.2, 0.25) is 0 Å². The molecule has 0 aromatic carbocycles. The van der Waals surface area contributed by atoms with E-state index in [-0.39, 0.29) is 5.91 Å². The van der Waals surface area contributed by atoms with Crippen molar-refractivity contribution in [3.05, 3.63) is 0 Å². The molecule has 1 rings (SSSR count). The molecule has 18 heavy (non-hydrogen) atoms. The van der Waals surface area contributed by atoms with E-state index in [2.05, 4.69) is 10.6 Å². The van der Waals surface area contributed by atoms with Crippen LogP contribution in [0.25, 0.3) is 0 Å². The number of rotatable bonds is 10. The Bertz CT molecular complexity index is 218. The highest BCUT2D eigenvalue weighted by molar-refractivity contribution is 5.77. The van der Waals surface area contributed by atoms with Gasteiger partial charge in [0.15, 0.2) is 0 Å². The highest BCUT2D eigenvalue weighted by Gasteiger charge is 2.14. The van der Waals surface area contributed by atoms with Gasteiger partial charge in [-0.2, -0.15) is 0 Å². The summed E-state index contributed by atoms with van der Waals surface area (Å²) in [5, 5.41) is 6.18. The van der Waals surface area contributed by atoms with E-state index in [0.717, 1.165) is 6.42 Å². The summed E-state index contributed by atoms with van der Waals surface area (Å²) in [5.41, 5.74) is 0. The summed E-state index contributed by atoms with van der Waals surface area (Å²) in [4.78, 5) is 11.5. The molecular formula is C13H26N2O3. The Hall–Kier alpha value is -0.650. The Kier molecular flexibility index (Phi) is 8.81. The fourth-order valence-electron chi connectivity index (χ4n) is 2.08. The summed E-state index contributed by atoms with van der Waals surface area (Å²) < 4.78 is 10.2. The maximum atomic E-state index is 11.5. The van der Waals surface area contributed by atoms with E-state index in [0.29, 0.717) is 39.0 Å². The number of amides is 1. The quantitative estimate of drug-likeness (QED) is 0.566. The van der Waals surface area contributed by atoms with Crippen LogP contribution in [0.5, 0.6) is 0 Å². The van der Waals surface area contributed by atoms with E-state index >= 15 is 0 Å². The number of carbonyl (C=O) groups excluding carboxylic acids is 1. The van der Waals surface area contributed by atoms with E-state index < -0.39 is 0 Å². The van der Waals surface area contributed by atoms with Crippen molar-refractivity contribution in [2.75, 3.05) is 40.0 Å². The zero-order chi connectivity index (χ0) is 13.1. The van der Waals surface area contributed by atoms with Gasteiger partial charge in [0.1, 0.15) is 0 Å².